The van der Waals surface area contributed by atoms with Crippen molar-refractivity contribution in [3.05, 3.63) is 94.8 Å². The standard InChI is InChI=1S/C33H40FN5O4/c1-21(40)17-37-33(2,3)16-30(41)38-29-15-26-14-27(34)13-12-25(26)20-39(31(29)42)19-22-8-10-23(11-9-22)28-7-5-4-6-24(28)18-36-32(35)43/h4-14,21,29,37,40H,15-20H2,1-3H3,(H,38,41)(H3,35,36,43)/t21-,29-/m1/s1. The number of β-amino-alcohol motifs (C(OH)–C–C–N with tert-alkyl or cyclic N) is 1. The molecular formula is C33H40FN5O4. The zero-order valence-corrected chi connectivity index (χ0v) is 24.8. The van der Waals surface area contributed by atoms with Gasteiger partial charge in [-0.2, -0.15) is 0 Å². The number of aliphatic hydroxyl groups excluding tert-OH is 1. The second-order valence-electron chi connectivity index (χ2n) is 11.8. The predicted octanol–water partition coefficient (Wildman–Crippen LogP) is 3.37. The molecule has 43 heavy (non-hydrogen) atoms. The van der Waals surface area contributed by atoms with Gasteiger partial charge in [0.25, 0.3) is 0 Å². The molecule has 4 amide bonds. The van der Waals surface area contributed by atoms with Gasteiger partial charge in [0.2, 0.25) is 11.8 Å². The van der Waals surface area contributed by atoms with Gasteiger partial charge in [0.05, 0.1) is 6.10 Å². The number of primary amides is 1. The number of carbonyl (C=O) groups excluding carboxylic acids is 3. The summed E-state index contributed by atoms with van der Waals surface area (Å²) < 4.78 is 14.2. The van der Waals surface area contributed by atoms with Crippen LogP contribution < -0.4 is 21.7 Å². The minimum atomic E-state index is -0.855. The van der Waals surface area contributed by atoms with Crippen LogP contribution >= 0.6 is 0 Å². The molecule has 1 aliphatic heterocycles. The van der Waals surface area contributed by atoms with E-state index in [1.807, 2.05) is 62.4 Å². The highest BCUT2D eigenvalue weighted by Gasteiger charge is 2.32. The first-order valence-corrected chi connectivity index (χ1v) is 14.4. The van der Waals surface area contributed by atoms with E-state index in [0.29, 0.717) is 25.2 Å². The molecule has 6 N–H and O–H groups in total. The summed E-state index contributed by atoms with van der Waals surface area (Å²) in [6.45, 7) is 6.60. The summed E-state index contributed by atoms with van der Waals surface area (Å²) in [6, 6.07) is 18.6. The largest absolute Gasteiger partial charge is 0.392 e. The van der Waals surface area contributed by atoms with Crippen molar-refractivity contribution in [3.63, 3.8) is 0 Å². The highest BCUT2D eigenvalue weighted by molar-refractivity contribution is 5.89. The summed E-state index contributed by atoms with van der Waals surface area (Å²) in [5.74, 6) is -0.947. The molecule has 3 aromatic carbocycles. The molecule has 0 bridgehead atoms. The van der Waals surface area contributed by atoms with E-state index in [9.17, 15) is 23.9 Å². The van der Waals surface area contributed by atoms with Crippen LogP contribution in [0.25, 0.3) is 11.1 Å². The Kier molecular flexibility index (Phi) is 10.2. The number of nitrogens with two attached hydrogens (primary N) is 1. The van der Waals surface area contributed by atoms with Crippen molar-refractivity contribution in [3.8, 4) is 11.1 Å². The van der Waals surface area contributed by atoms with Crippen LogP contribution in [0, 0.1) is 5.82 Å². The monoisotopic (exact) mass is 589 g/mol. The maximum atomic E-state index is 14.2. The van der Waals surface area contributed by atoms with E-state index >= 15 is 0 Å². The van der Waals surface area contributed by atoms with Gasteiger partial charge in [-0.3, -0.25) is 9.59 Å². The Labute approximate surface area is 251 Å². The van der Waals surface area contributed by atoms with E-state index in [1.165, 1.54) is 12.1 Å². The molecule has 228 valence electrons. The van der Waals surface area contributed by atoms with Crippen LogP contribution in [0.5, 0.6) is 0 Å². The maximum Gasteiger partial charge on any atom is 0.312 e. The normalized spacial score (nSPS) is 15.8. The van der Waals surface area contributed by atoms with E-state index < -0.39 is 29.5 Å². The summed E-state index contributed by atoms with van der Waals surface area (Å²) in [4.78, 5) is 39.8. The highest BCUT2D eigenvalue weighted by Crippen LogP contribution is 2.26. The van der Waals surface area contributed by atoms with Crippen LogP contribution in [0.1, 0.15) is 49.4 Å². The first kappa shape index (κ1) is 31.7. The van der Waals surface area contributed by atoms with E-state index in [4.69, 9.17) is 5.73 Å². The molecule has 0 aromatic heterocycles. The lowest BCUT2D eigenvalue weighted by Crippen LogP contribution is -2.51. The number of rotatable bonds is 11. The molecule has 0 fully saturated rings. The first-order chi connectivity index (χ1) is 20.4. The molecule has 1 heterocycles. The van der Waals surface area contributed by atoms with Crippen LogP contribution in [-0.4, -0.2) is 52.1 Å². The quantitative estimate of drug-likeness (QED) is 0.234. The summed E-state index contributed by atoms with van der Waals surface area (Å²) >= 11 is 0. The second-order valence-corrected chi connectivity index (χ2v) is 11.8. The number of carbonyl (C=O) groups is 3. The fourth-order valence-corrected chi connectivity index (χ4v) is 5.28. The lowest BCUT2D eigenvalue weighted by molar-refractivity contribution is -0.137. The molecule has 0 spiro atoms. The smallest absolute Gasteiger partial charge is 0.312 e. The third-order valence-corrected chi connectivity index (χ3v) is 7.49. The van der Waals surface area contributed by atoms with E-state index in [2.05, 4.69) is 16.0 Å². The minimum Gasteiger partial charge on any atom is -0.392 e. The first-order valence-electron chi connectivity index (χ1n) is 14.4. The molecule has 1 aliphatic rings. The van der Waals surface area contributed by atoms with Gasteiger partial charge in [0.1, 0.15) is 11.9 Å². The van der Waals surface area contributed by atoms with Gasteiger partial charge in [-0.25, -0.2) is 9.18 Å². The molecule has 0 radical (unpaired) electrons. The number of aliphatic hydroxyl groups is 1. The Balaban J connectivity index is 1.52. The molecule has 0 unspecified atom stereocenters. The van der Waals surface area contributed by atoms with Crippen molar-refractivity contribution < 1.29 is 23.9 Å². The van der Waals surface area contributed by atoms with Crippen molar-refractivity contribution in [2.75, 3.05) is 6.54 Å². The summed E-state index contributed by atoms with van der Waals surface area (Å²) in [5, 5.41) is 18.3. The molecule has 0 saturated carbocycles. The average molecular weight is 590 g/mol. The van der Waals surface area contributed by atoms with Gasteiger partial charge in [-0.1, -0.05) is 54.6 Å². The number of fused-ring (bicyclic) bond motifs is 1. The number of nitrogens with one attached hydrogen (secondary N) is 3. The zero-order chi connectivity index (χ0) is 31.1. The Hall–Kier alpha value is -4.28. The zero-order valence-electron chi connectivity index (χ0n) is 24.8. The van der Waals surface area contributed by atoms with Gasteiger partial charge in [-0.05, 0) is 66.3 Å². The number of hydrogen-bond acceptors (Lipinski definition) is 5. The third kappa shape index (κ3) is 8.86. The van der Waals surface area contributed by atoms with Gasteiger partial charge in [-0.15, -0.1) is 0 Å². The molecular weight excluding hydrogens is 549 g/mol. The summed E-state index contributed by atoms with van der Waals surface area (Å²) in [6.07, 6.45) is -0.282. The topological polar surface area (TPSA) is 137 Å². The van der Waals surface area contributed by atoms with E-state index in [-0.39, 0.29) is 31.2 Å². The predicted molar refractivity (Wildman–Crippen MR) is 163 cm³/mol. The van der Waals surface area contributed by atoms with Crippen molar-refractivity contribution in [2.24, 2.45) is 5.73 Å². The van der Waals surface area contributed by atoms with Crippen LogP contribution in [0.3, 0.4) is 0 Å². The second kappa shape index (κ2) is 13.8. The van der Waals surface area contributed by atoms with Gasteiger partial charge < -0.3 is 31.7 Å². The van der Waals surface area contributed by atoms with E-state index in [0.717, 1.165) is 27.8 Å². The Morgan fingerprint density at radius 1 is 1.09 bits per heavy atom. The van der Waals surface area contributed by atoms with Crippen LogP contribution in [0.2, 0.25) is 0 Å². The highest BCUT2D eigenvalue weighted by atomic mass is 19.1. The molecule has 4 rings (SSSR count). The fourth-order valence-electron chi connectivity index (χ4n) is 5.28. The molecule has 0 aliphatic carbocycles. The summed E-state index contributed by atoms with van der Waals surface area (Å²) in [7, 11) is 0. The van der Waals surface area contributed by atoms with Crippen molar-refractivity contribution >= 4 is 17.8 Å². The van der Waals surface area contributed by atoms with Gasteiger partial charge >= 0.3 is 6.03 Å². The molecule has 2 atom stereocenters. The molecule has 9 nitrogen and oxygen atoms in total. The lowest BCUT2D eigenvalue weighted by Gasteiger charge is -2.29. The number of benzene rings is 3. The third-order valence-electron chi connectivity index (χ3n) is 7.49. The Morgan fingerprint density at radius 2 is 1.81 bits per heavy atom. The Bertz CT molecular complexity index is 1460. The number of amides is 4. The molecule has 0 saturated heterocycles. The number of urea groups is 1. The van der Waals surface area contributed by atoms with Gasteiger partial charge in [0, 0.05) is 44.6 Å². The Morgan fingerprint density at radius 3 is 2.51 bits per heavy atom. The van der Waals surface area contributed by atoms with Crippen LogP contribution in [0.15, 0.2) is 66.7 Å². The average Bonchev–Trinajstić information content (AvgIpc) is 3.07. The molecule has 10 heteroatoms. The summed E-state index contributed by atoms with van der Waals surface area (Å²) in [5.41, 5.74) is 9.88. The maximum absolute atomic E-state index is 14.2. The SMILES string of the molecule is C[C@@H](O)CNC(C)(C)CC(=O)N[C@@H]1Cc2cc(F)ccc2CN(Cc2ccc(-c3ccccc3CNC(N)=O)cc2)C1=O. The molecule has 3 aromatic rings. The van der Waals surface area contributed by atoms with Gasteiger partial charge in [0.15, 0.2) is 0 Å². The van der Waals surface area contributed by atoms with Crippen molar-refractivity contribution in [1.29, 1.82) is 0 Å². The van der Waals surface area contributed by atoms with Crippen LogP contribution in [-0.2, 0) is 35.6 Å². The minimum absolute atomic E-state index is 0.0946. The lowest BCUT2D eigenvalue weighted by atomic mass is 9.98. The van der Waals surface area contributed by atoms with Crippen molar-refractivity contribution in [1.82, 2.24) is 20.9 Å². The number of halogens is 1. The number of hydrogen-bond donors (Lipinski definition) is 5. The number of nitrogens with zero attached hydrogens (tertiary/aromatic N) is 1. The van der Waals surface area contributed by atoms with Crippen LogP contribution in [0.4, 0.5) is 9.18 Å². The van der Waals surface area contributed by atoms with Crippen molar-refractivity contribution in [2.45, 2.75) is 70.9 Å². The fraction of sp³-hybridized carbons (Fsp3) is 0.364. The van der Waals surface area contributed by atoms with E-state index in [1.54, 1.807) is 17.9 Å².